The van der Waals surface area contributed by atoms with Crippen LogP contribution in [0.1, 0.15) is 44.7 Å². The lowest BCUT2D eigenvalue weighted by Crippen LogP contribution is -2.39. The van der Waals surface area contributed by atoms with E-state index in [1.54, 1.807) is 0 Å². The molecule has 0 aromatic carbocycles. The van der Waals surface area contributed by atoms with E-state index in [1.807, 2.05) is 17.9 Å². The summed E-state index contributed by atoms with van der Waals surface area (Å²) in [5, 5.41) is 8.17. The molecule has 3 nitrogen and oxygen atoms in total. The number of nitrogens with zero attached hydrogens (tertiary/aromatic N) is 2. The first-order valence-corrected chi connectivity index (χ1v) is 7.01. The summed E-state index contributed by atoms with van der Waals surface area (Å²) >= 11 is 0. The van der Waals surface area contributed by atoms with Gasteiger partial charge in [0.1, 0.15) is 0 Å². The Hall–Kier alpha value is -0.830. The topological polar surface area (TPSA) is 29.9 Å². The van der Waals surface area contributed by atoms with Gasteiger partial charge in [0, 0.05) is 25.7 Å². The molecule has 0 bridgehead atoms. The van der Waals surface area contributed by atoms with Crippen molar-refractivity contribution < 1.29 is 0 Å². The van der Waals surface area contributed by atoms with Gasteiger partial charge in [-0.1, -0.05) is 26.2 Å². The van der Waals surface area contributed by atoms with Crippen LogP contribution in [0.3, 0.4) is 0 Å². The summed E-state index contributed by atoms with van der Waals surface area (Å²) in [5.74, 6) is 0.853. The molecule has 1 aliphatic carbocycles. The van der Waals surface area contributed by atoms with E-state index in [2.05, 4.69) is 23.4 Å². The number of nitrogens with one attached hydrogen (secondary N) is 1. The Labute approximate surface area is 105 Å². The Balaban J connectivity index is 1.95. The van der Waals surface area contributed by atoms with Gasteiger partial charge < -0.3 is 5.32 Å². The second-order valence-electron chi connectivity index (χ2n) is 5.25. The number of aryl methyl sites for hydroxylation is 1. The van der Waals surface area contributed by atoms with Gasteiger partial charge in [-0.3, -0.25) is 4.68 Å². The molecule has 0 amide bonds. The Bertz CT molecular complexity index is 326. The lowest BCUT2D eigenvalue weighted by atomic mass is 9.82. The molecule has 1 unspecified atom stereocenters. The maximum absolute atomic E-state index is 4.50. The third kappa shape index (κ3) is 3.56. The second-order valence-corrected chi connectivity index (χ2v) is 5.25. The molecule has 1 heterocycles. The van der Waals surface area contributed by atoms with Crippen LogP contribution in [0, 0.1) is 5.92 Å². The summed E-state index contributed by atoms with van der Waals surface area (Å²) in [7, 11) is 1.99. The standard InChI is InChI=1S/C14H25N3/c1-3-15-14(12-7-5-4-6-8-12)11-13-9-10-17(2)16-13/h9-10,12,14-15H,3-8,11H2,1-2H3. The molecule has 17 heavy (non-hydrogen) atoms. The van der Waals surface area contributed by atoms with E-state index in [-0.39, 0.29) is 0 Å². The van der Waals surface area contributed by atoms with Gasteiger partial charge in [-0.05, 0) is 31.4 Å². The summed E-state index contributed by atoms with van der Waals surface area (Å²) in [6.07, 6.45) is 10.2. The molecule has 1 N–H and O–H groups in total. The van der Waals surface area contributed by atoms with Gasteiger partial charge in [0.2, 0.25) is 0 Å². The highest BCUT2D eigenvalue weighted by molar-refractivity contribution is 5.02. The van der Waals surface area contributed by atoms with Crippen LogP contribution < -0.4 is 5.32 Å². The van der Waals surface area contributed by atoms with Crippen LogP contribution in [-0.4, -0.2) is 22.4 Å². The van der Waals surface area contributed by atoms with Crippen molar-refractivity contribution in [1.29, 1.82) is 0 Å². The summed E-state index contributed by atoms with van der Waals surface area (Å²) in [5.41, 5.74) is 1.23. The van der Waals surface area contributed by atoms with E-state index in [9.17, 15) is 0 Å². The van der Waals surface area contributed by atoms with E-state index < -0.39 is 0 Å². The Morgan fingerprint density at radius 1 is 1.41 bits per heavy atom. The van der Waals surface area contributed by atoms with E-state index in [0.29, 0.717) is 6.04 Å². The Morgan fingerprint density at radius 2 is 2.18 bits per heavy atom. The first-order chi connectivity index (χ1) is 8.29. The van der Waals surface area contributed by atoms with E-state index in [1.165, 1.54) is 37.8 Å². The number of aromatic nitrogens is 2. The normalized spacial score (nSPS) is 19.4. The monoisotopic (exact) mass is 235 g/mol. The molecule has 0 aliphatic heterocycles. The third-order valence-corrected chi connectivity index (χ3v) is 3.88. The minimum absolute atomic E-state index is 0.621. The zero-order valence-electron chi connectivity index (χ0n) is 11.2. The van der Waals surface area contributed by atoms with Gasteiger partial charge in [-0.15, -0.1) is 0 Å². The summed E-state index contributed by atoms with van der Waals surface area (Å²) in [4.78, 5) is 0. The molecule has 0 radical (unpaired) electrons. The minimum atomic E-state index is 0.621. The molecule has 2 rings (SSSR count). The molecule has 1 aromatic heterocycles. The maximum Gasteiger partial charge on any atom is 0.0640 e. The van der Waals surface area contributed by atoms with Crippen molar-refractivity contribution in [3.05, 3.63) is 18.0 Å². The summed E-state index contributed by atoms with van der Waals surface area (Å²) in [6.45, 7) is 3.27. The zero-order chi connectivity index (χ0) is 12.1. The fraction of sp³-hybridized carbons (Fsp3) is 0.786. The van der Waals surface area contributed by atoms with Crippen LogP contribution in [0.25, 0.3) is 0 Å². The van der Waals surface area contributed by atoms with Crippen molar-refractivity contribution in [3.8, 4) is 0 Å². The molecule has 1 fully saturated rings. The van der Waals surface area contributed by atoms with E-state index >= 15 is 0 Å². The van der Waals surface area contributed by atoms with Crippen molar-refractivity contribution in [2.24, 2.45) is 13.0 Å². The van der Waals surface area contributed by atoms with Crippen LogP contribution in [-0.2, 0) is 13.5 Å². The molecule has 0 spiro atoms. The van der Waals surface area contributed by atoms with Crippen LogP contribution in [0.4, 0.5) is 0 Å². The molecule has 1 aliphatic rings. The SMILES string of the molecule is CCNC(Cc1ccn(C)n1)C1CCCCC1. The first-order valence-electron chi connectivity index (χ1n) is 7.01. The number of likely N-dealkylation sites (N-methyl/N-ethyl adjacent to an activating group) is 1. The molecule has 0 saturated heterocycles. The fourth-order valence-electron chi connectivity index (χ4n) is 3.00. The molecule has 3 heteroatoms. The van der Waals surface area contributed by atoms with Crippen LogP contribution >= 0.6 is 0 Å². The Kier molecular flexibility index (Phi) is 4.60. The second kappa shape index (κ2) is 6.20. The number of hydrogen-bond acceptors (Lipinski definition) is 2. The lowest BCUT2D eigenvalue weighted by molar-refractivity contribution is 0.268. The predicted octanol–water partition coefficient (Wildman–Crippen LogP) is 2.52. The Morgan fingerprint density at radius 3 is 2.76 bits per heavy atom. The van der Waals surface area contributed by atoms with Gasteiger partial charge >= 0.3 is 0 Å². The van der Waals surface area contributed by atoms with Crippen molar-refractivity contribution >= 4 is 0 Å². The zero-order valence-corrected chi connectivity index (χ0v) is 11.2. The highest BCUT2D eigenvalue weighted by Crippen LogP contribution is 2.27. The van der Waals surface area contributed by atoms with Crippen molar-refractivity contribution in [2.75, 3.05) is 6.54 Å². The van der Waals surface area contributed by atoms with Crippen LogP contribution in [0.15, 0.2) is 12.3 Å². The maximum atomic E-state index is 4.50. The molecule has 1 saturated carbocycles. The van der Waals surface area contributed by atoms with Gasteiger partial charge in [0.25, 0.3) is 0 Å². The molecule has 1 aromatic rings. The predicted molar refractivity (Wildman–Crippen MR) is 71.0 cm³/mol. The summed E-state index contributed by atoms with van der Waals surface area (Å²) < 4.78 is 1.90. The smallest absolute Gasteiger partial charge is 0.0640 e. The molecule has 1 atom stereocenters. The quantitative estimate of drug-likeness (QED) is 0.850. The van der Waals surface area contributed by atoms with Crippen LogP contribution in [0.2, 0.25) is 0 Å². The van der Waals surface area contributed by atoms with Gasteiger partial charge in [-0.2, -0.15) is 5.10 Å². The molecular weight excluding hydrogens is 210 g/mol. The largest absolute Gasteiger partial charge is 0.314 e. The number of rotatable bonds is 5. The summed E-state index contributed by atoms with van der Waals surface area (Å²) in [6, 6.07) is 2.77. The molecule has 96 valence electrons. The highest BCUT2D eigenvalue weighted by Gasteiger charge is 2.23. The minimum Gasteiger partial charge on any atom is -0.314 e. The van der Waals surface area contributed by atoms with E-state index in [4.69, 9.17) is 0 Å². The van der Waals surface area contributed by atoms with Gasteiger partial charge in [0.15, 0.2) is 0 Å². The number of hydrogen-bond donors (Lipinski definition) is 1. The third-order valence-electron chi connectivity index (χ3n) is 3.88. The molecular formula is C14H25N3. The van der Waals surface area contributed by atoms with Gasteiger partial charge in [0.05, 0.1) is 5.69 Å². The average molecular weight is 235 g/mol. The van der Waals surface area contributed by atoms with Crippen molar-refractivity contribution in [1.82, 2.24) is 15.1 Å². The highest BCUT2D eigenvalue weighted by atomic mass is 15.2. The average Bonchev–Trinajstić information content (AvgIpc) is 2.75. The fourth-order valence-corrected chi connectivity index (χ4v) is 3.00. The van der Waals surface area contributed by atoms with Crippen molar-refractivity contribution in [3.63, 3.8) is 0 Å². The van der Waals surface area contributed by atoms with E-state index in [0.717, 1.165) is 18.9 Å². The van der Waals surface area contributed by atoms with Gasteiger partial charge in [-0.25, -0.2) is 0 Å². The first kappa shape index (κ1) is 12.6. The van der Waals surface area contributed by atoms with Crippen LogP contribution in [0.5, 0.6) is 0 Å². The van der Waals surface area contributed by atoms with Crippen molar-refractivity contribution in [2.45, 2.75) is 51.5 Å². The lowest BCUT2D eigenvalue weighted by Gasteiger charge is -2.30.